The molecule has 0 amide bonds. The van der Waals surface area contributed by atoms with Gasteiger partial charge in [-0.3, -0.25) is 0 Å². The first-order chi connectivity index (χ1) is 4.27. The van der Waals surface area contributed by atoms with Crippen LogP contribution in [0, 0.1) is 0 Å². The highest BCUT2D eigenvalue weighted by Crippen LogP contribution is 2.07. The van der Waals surface area contributed by atoms with E-state index in [0.717, 1.165) is 19.0 Å². The minimum Gasteiger partial charge on any atom is -0.330 e. The van der Waals surface area contributed by atoms with E-state index in [4.69, 9.17) is 28.9 Å². The van der Waals surface area contributed by atoms with Crippen molar-refractivity contribution in [2.45, 2.75) is 23.3 Å². The van der Waals surface area contributed by atoms with Crippen LogP contribution >= 0.6 is 23.2 Å². The molecular weight excluding hydrogens is 173 g/mol. The quantitative estimate of drug-likeness (QED) is 0.389. The smallest absolute Gasteiger partial charge is 0.105 e. The molecule has 0 saturated heterocycles. The van der Waals surface area contributed by atoms with E-state index in [1.807, 2.05) is 0 Å². The first kappa shape index (κ1) is 9.76. The maximum atomic E-state index is 5.53. The third-order valence-electron chi connectivity index (χ3n) is 1.13. The van der Waals surface area contributed by atoms with Gasteiger partial charge in [0.2, 0.25) is 0 Å². The van der Waals surface area contributed by atoms with Crippen molar-refractivity contribution >= 4 is 32.7 Å². The third kappa shape index (κ3) is 8.76. The summed E-state index contributed by atoms with van der Waals surface area (Å²) in [4.78, 5) is -0.130. The largest absolute Gasteiger partial charge is 0.330 e. The van der Waals surface area contributed by atoms with E-state index in [1.54, 1.807) is 0 Å². The Labute approximate surface area is 68.7 Å². The minimum atomic E-state index is -0.130. The Hall–Kier alpha value is 0.757. The van der Waals surface area contributed by atoms with Gasteiger partial charge in [0.1, 0.15) is 4.84 Å². The van der Waals surface area contributed by atoms with Gasteiger partial charge < -0.3 is 5.73 Å². The zero-order valence-electron chi connectivity index (χ0n) is 5.45. The molecule has 0 aliphatic rings. The molecule has 0 aliphatic carbocycles. The monoisotopic (exact) mass is 185 g/mol. The van der Waals surface area contributed by atoms with Crippen molar-refractivity contribution < 1.29 is 0 Å². The summed E-state index contributed by atoms with van der Waals surface area (Å²) in [6.45, 7) is 0.808. The molecule has 0 rings (SSSR count). The van der Waals surface area contributed by atoms with Crippen LogP contribution in [0.3, 0.4) is 0 Å². The molecule has 1 nitrogen and oxygen atoms in total. The number of hydrogen-bond acceptors (Lipinski definition) is 1. The summed E-state index contributed by atoms with van der Waals surface area (Å²) in [5, 5.41) is 0. The molecule has 0 spiro atoms. The molecule has 0 fully saturated rings. The summed E-state index contributed by atoms with van der Waals surface area (Å²) in [5.74, 6) is 0. The predicted octanol–water partition coefficient (Wildman–Crippen LogP) is 1.14. The molecule has 0 aromatic heterocycles. The number of halogens is 2. The van der Waals surface area contributed by atoms with Crippen molar-refractivity contribution in [1.29, 1.82) is 0 Å². The number of nitrogens with two attached hydrogens (primary N) is 1. The van der Waals surface area contributed by atoms with Crippen LogP contribution in [-0.4, -0.2) is 20.9 Å². The fraction of sp³-hybridized carbons (Fsp3) is 1.00. The van der Waals surface area contributed by atoms with E-state index in [9.17, 15) is 0 Å². The molecule has 0 aromatic rings. The zero-order valence-corrected chi connectivity index (χ0v) is 8.37. The van der Waals surface area contributed by atoms with Gasteiger partial charge in [-0.05, 0) is 19.0 Å². The third-order valence-corrected chi connectivity index (χ3v) is 4.28. The lowest BCUT2D eigenvalue weighted by molar-refractivity contribution is 0.922. The van der Waals surface area contributed by atoms with Crippen molar-refractivity contribution in [3.63, 3.8) is 0 Å². The molecule has 0 radical (unpaired) electrons. The summed E-state index contributed by atoms with van der Waals surface area (Å²) in [7, 11) is 0.00895. The molecule has 0 saturated carbocycles. The van der Waals surface area contributed by atoms with Crippen LogP contribution in [0.1, 0.15) is 6.42 Å². The van der Waals surface area contributed by atoms with Gasteiger partial charge in [-0.25, -0.2) is 0 Å². The lowest BCUT2D eigenvalue weighted by atomic mass is 10.5. The van der Waals surface area contributed by atoms with E-state index in [1.165, 1.54) is 6.04 Å². The van der Waals surface area contributed by atoms with Crippen LogP contribution in [0.2, 0.25) is 12.1 Å². The Morgan fingerprint density at radius 1 is 1.44 bits per heavy atom. The van der Waals surface area contributed by atoms with Gasteiger partial charge >= 0.3 is 0 Å². The predicted molar refractivity (Wildman–Crippen MR) is 47.3 cm³/mol. The summed E-state index contributed by atoms with van der Waals surface area (Å²) in [5.41, 5.74) is 5.30. The maximum Gasteiger partial charge on any atom is 0.105 e. The normalized spacial score (nSPS) is 12.0. The Balaban J connectivity index is 2.75. The van der Waals surface area contributed by atoms with Crippen LogP contribution < -0.4 is 5.73 Å². The second-order valence-corrected chi connectivity index (χ2v) is 5.30. The molecule has 0 aliphatic heterocycles. The van der Waals surface area contributed by atoms with Crippen molar-refractivity contribution in [2.24, 2.45) is 5.73 Å². The average Bonchev–Trinajstić information content (AvgIpc) is 1.80. The molecular formula is C5H13Cl2NSi. The lowest BCUT2D eigenvalue weighted by Gasteiger charge is -1.97. The molecule has 0 bridgehead atoms. The summed E-state index contributed by atoms with van der Waals surface area (Å²) in [6, 6.07) is 2.32. The highest BCUT2D eigenvalue weighted by molar-refractivity contribution is 6.49. The molecule has 2 N–H and O–H groups in total. The van der Waals surface area contributed by atoms with Crippen LogP contribution in [0.15, 0.2) is 0 Å². The van der Waals surface area contributed by atoms with Gasteiger partial charge in [0, 0.05) is 9.52 Å². The van der Waals surface area contributed by atoms with Crippen LogP contribution in [0.5, 0.6) is 0 Å². The first-order valence-corrected chi connectivity index (χ1v) is 6.13. The molecule has 0 heterocycles. The fourth-order valence-electron chi connectivity index (χ4n) is 0.620. The molecule has 9 heavy (non-hydrogen) atoms. The minimum absolute atomic E-state index is 0.00895. The average molecular weight is 186 g/mol. The van der Waals surface area contributed by atoms with Gasteiger partial charge in [0.05, 0.1) is 0 Å². The number of alkyl halides is 2. The summed E-state index contributed by atoms with van der Waals surface area (Å²) < 4.78 is 0. The Kier molecular flexibility index (Phi) is 7.45. The summed E-state index contributed by atoms with van der Waals surface area (Å²) >= 11 is 11.1. The Bertz CT molecular complexity index is 60.9. The van der Waals surface area contributed by atoms with Crippen LogP contribution in [0.25, 0.3) is 0 Å². The molecule has 56 valence electrons. The highest BCUT2D eigenvalue weighted by atomic mass is 35.5. The number of rotatable bonds is 5. The van der Waals surface area contributed by atoms with Gasteiger partial charge in [-0.2, -0.15) is 0 Å². The topological polar surface area (TPSA) is 26.0 Å². The second kappa shape index (κ2) is 6.87. The molecule has 4 heteroatoms. The van der Waals surface area contributed by atoms with E-state index >= 15 is 0 Å². The SMILES string of the molecule is NCCC[SiH2]CC(Cl)Cl. The van der Waals surface area contributed by atoms with E-state index < -0.39 is 0 Å². The van der Waals surface area contributed by atoms with Crippen molar-refractivity contribution in [3.05, 3.63) is 0 Å². The van der Waals surface area contributed by atoms with Crippen molar-refractivity contribution in [3.8, 4) is 0 Å². The van der Waals surface area contributed by atoms with Crippen LogP contribution in [-0.2, 0) is 0 Å². The first-order valence-electron chi connectivity index (χ1n) is 3.25. The van der Waals surface area contributed by atoms with Crippen molar-refractivity contribution in [2.75, 3.05) is 6.54 Å². The standard InChI is InChI=1S/C5H13Cl2NSi/c6-5(7)4-9-3-1-2-8/h5H,1-4,8-9H2. The molecule has 0 unspecified atom stereocenters. The van der Waals surface area contributed by atoms with Crippen LogP contribution in [0.4, 0.5) is 0 Å². The van der Waals surface area contributed by atoms with Gasteiger partial charge in [0.15, 0.2) is 0 Å². The van der Waals surface area contributed by atoms with Gasteiger partial charge in [-0.15, -0.1) is 23.2 Å². The van der Waals surface area contributed by atoms with E-state index in [0.29, 0.717) is 0 Å². The van der Waals surface area contributed by atoms with Gasteiger partial charge in [0.25, 0.3) is 0 Å². The zero-order chi connectivity index (χ0) is 7.11. The van der Waals surface area contributed by atoms with E-state index in [2.05, 4.69) is 0 Å². The second-order valence-electron chi connectivity index (χ2n) is 2.03. The van der Waals surface area contributed by atoms with Gasteiger partial charge in [-0.1, -0.05) is 6.04 Å². The molecule has 0 aromatic carbocycles. The van der Waals surface area contributed by atoms with Crippen molar-refractivity contribution in [1.82, 2.24) is 0 Å². The Morgan fingerprint density at radius 3 is 2.56 bits per heavy atom. The lowest BCUT2D eigenvalue weighted by Crippen LogP contribution is -2.02. The maximum absolute atomic E-state index is 5.53. The molecule has 0 atom stereocenters. The Morgan fingerprint density at radius 2 is 2.11 bits per heavy atom. The fourth-order valence-corrected chi connectivity index (χ4v) is 2.79. The summed E-state index contributed by atoms with van der Waals surface area (Å²) in [6.07, 6.45) is 1.15. The number of hydrogen-bond donors (Lipinski definition) is 1. The van der Waals surface area contributed by atoms with E-state index in [-0.39, 0.29) is 14.4 Å². The highest BCUT2D eigenvalue weighted by Gasteiger charge is 1.96.